The summed E-state index contributed by atoms with van der Waals surface area (Å²) in [6, 6.07) is 17.7. The van der Waals surface area contributed by atoms with Crippen LogP contribution in [0.1, 0.15) is 39.9 Å². The molecule has 0 bridgehead atoms. The van der Waals surface area contributed by atoms with Crippen molar-refractivity contribution in [2.24, 2.45) is 11.5 Å². The van der Waals surface area contributed by atoms with Gasteiger partial charge in [-0.25, -0.2) is 0 Å². The number of amidine groups is 1. The van der Waals surface area contributed by atoms with Gasteiger partial charge in [0.05, 0.1) is 0 Å². The number of carbonyl (C=O) groups excluding carboxylic acids is 1. The van der Waals surface area contributed by atoms with Gasteiger partial charge >= 0.3 is 0 Å². The molecule has 3 aromatic rings. The molecular formula is C27H30N6O2. The second-order valence-corrected chi connectivity index (χ2v) is 9.30. The second kappa shape index (κ2) is 9.29. The molecule has 0 aliphatic carbocycles. The summed E-state index contributed by atoms with van der Waals surface area (Å²) in [4.78, 5) is 17.0. The van der Waals surface area contributed by atoms with Crippen molar-refractivity contribution in [2.75, 3.05) is 19.6 Å². The van der Waals surface area contributed by atoms with Crippen LogP contribution in [0.25, 0.3) is 10.8 Å². The van der Waals surface area contributed by atoms with Crippen molar-refractivity contribution in [2.45, 2.75) is 31.9 Å². The summed E-state index contributed by atoms with van der Waals surface area (Å²) in [5.74, 6) is 0.988. The van der Waals surface area contributed by atoms with Gasteiger partial charge in [0.25, 0.3) is 5.91 Å². The van der Waals surface area contributed by atoms with Crippen LogP contribution in [-0.2, 0) is 13.0 Å². The zero-order valence-electron chi connectivity index (χ0n) is 19.6. The Morgan fingerprint density at radius 3 is 2.46 bits per heavy atom. The molecule has 180 valence electrons. The summed E-state index contributed by atoms with van der Waals surface area (Å²) >= 11 is 0. The average Bonchev–Trinajstić information content (AvgIpc) is 2.85. The molecule has 6 N–H and O–H groups in total. The van der Waals surface area contributed by atoms with Crippen LogP contribution in [0.2, 0.25) is 0 Å². The number of nitrogen functional groups attached to an aromatic ring is 1. The predicted molar refractivity (Wildman–Crippen MR) is 137 cm³/mol. The highest BCUT2D eigenvalue weighted by Crippen LogP contribution is 2.27. The number of fused-ring (bicyclic) bond motifs is 2. The number of ether oxygens (including phenoxy) is 1. The number of carbonyl (C=O) groups is 1. The topological polar surface area (TPSA) is 133 Å². The van der Waals surface area contributed by atoms with Gasteiger partial charge in [0.2, 0.25) is 0 Å². The van der Waals surface area contributed by atoms with Crippen LogP contribution >= 0.6 is 0 Å². The van der Waals surface area contributed by atoms with Crippen LogP contribution in [0.4, 0.5) is 0 Å². The van der Waals surface area contributed by atoms with E-state index >= 15 is 0 Å². The van der Waals surface area contributed by atoms with Crippen molar-refractivity contribution in [3.05, 3.63) is 76.9 Å². The van der Waals surface area contributed by atoms with E-state index in [1.165, 1.54) is 0 Å². The second-order valence-electron chi connectivity index (χ2n) is 9.30. The Hall–Kier alpha value is -4.07. The number of guanidine groups is 1. The summed E-state index contributed by atoms with van der Waals surface area (Å²) < 4.78 is 6.19. The zero-order valence-corrected chi connectivity index (χ0v) is 19.6. The summed E-state index contributed by atoms with van der Waals surface area (Å²) in [5.41, 5.74) is 14.7. The number of nitrogens with zero attached hydrogens (tertiary/aromatic N) is 2. The third-order valence-corrected chi connectivity index (χ3v) is 6.92. The highest BCUT2D eigenvalue weighted by molar-refractivity contribution is 5.99. The van der Waals surface area contributed by atoms with E-state index in [-0.39, 0.29) is 23.8 Å². The third kappa shape index (κ3) is 4.77. The maximum absolute atomic E-state index is 13.2. The van der Waals surface area contributed by atoms with Crippen molar-refractivity contribution in [3.63, 3.8) is 0 Å². The summed E-state index contributed by atoms with van der Waals surface area (Å²) in [7, 11) is 0. The first-order valence-corrected chi connectivity index (χ1v) is 11.9. The van der Waals surface area contributed by atoms with Gasteiger partial charge in [0, 0.05) is 50.1 Å². The molecule has 0 unspecified atom stereocenters. The molecule has 35 heavy (non-hydrogen) atoms. The number of hydrogen-bond acceptors (Lipinski definition) is 4. The average molecular weight is 471 g/mol. The SMILES string of the molecule is N=C(N)c1ccc2ccc(CN3CCc4cc(OC5CCN(C(=N)N)CC5)ccc4C3=O)cc2c1. The Kier molecular flexibility index (Phi) is 6.03. The van der Waals surface area contributed by atoms with Crippen molar-refractivity contribution in [1.82, 2.24) is 9.80 Å². The molecule has 8 heteroatoms. The molecule has 0 aromatic heterocycles. The van der Waals surface area contributed by atoms with Crippen molar-refractivity contribution in [3.8, 4) is 5.75 Å². The van der Waals surface area contributed by atoms with E-state index in [4.69, 9.17) is 27.0 Å². The number of nitrogens with two attached hydrogens (primary N) is 2. The van der Waals surface area contributed by atoms with Gasteiger partial charge in [-0.05, 0) is 58.7 Å². The van der Waals surface area contributed by atoms with Gasteiger partial charge in [0.15, 0.2) is 5.96 Å². The Morgan fingerprint density at radius 1 is 0.943 bits per heavy atom. The van der Waals surface area contributed by atoms with Crippen molar-refractivity contribution < 1.29 is 9.53 Å². The number of hydrogen-bond donors (Lipinski definition) is 4. The van der Waals surface area contributed by atoms with Crippen LogP contribution in [-0.4, -0.2) is 53.2 Å². The molecule has 2 heterocycles. The first kappa shape index (κ1) is 22.7. The van der Waals surface area contributed by atoms with Gasteiger partial charge in [-0.15, -0.1) is 0 Å². The minimum atomic E-state index is 0.0325. The normalized spacial score (nSPS) is 16.3. The van der Waals surface area contributed by atoms with Gasteiger partial charge in [-0.1, -0.05) is 24.3 Å². The molecular weight excluding hydrogens is 440 g/mol. The van der Waals surface area contributed by atoms with Gasteiger partial charge in [-0.2, -0.15) is 0 Å². The number of likely N-dealkylation sites (tertiary alicyclic amines) is 1. The molecule has 1 amide bonds. The van der Waals surface area contributed by atoms with Crippen molar-refractivity contribution in [1.29, 1.82) is 10.8 Å². The molecule has 0 spiro atoms. The molecule has 0 atom stereocenters. The molecule has 3 aromatic carbocycles. The van der Waals surface area contributed by atoms with E-state index in [1.807, 2.05) is 58.3 Å². The summed E-state index contributed by atoms with van der Waals surface area (Å²) in [6.07, 6.45) is 2.52. The lowest BCUT2D eigenvalue weighted by Gasteiger charge is -2.33. The van der Waals surface area contributed by atoms with Crippen LogP contribution in [0.3, 0.4) is 0 Å². The lowest BCUT2D eigenvalue weighted by molar-refractivity contribution is 0.0726. The van der Waals surface area contributed by atoms with Gasteiger partial charge < -0.3 is 26.0 Å². The Bertz CT molecular complexity index is 1310. The molecule has 1 fully saturated rings. The third-order valence-electron chi connectivity index (χ3n) is 6.92. The van der Waals surface area contributed by atoms with Crippen LogP contribution in [0, 0.1) is 10.8 Å². The van der Waals surface area contributed by atoms with E-state index in [9.17, 15) is 4.79 Å². The fourth-order valence-electron chi connectivity index (χ4n) is 4.93. The van der Waals surface area contributed by atoms with E-state index in [2.05, 4.69) is 6.07 Å². The number of piperidine rings is 1. The first-order valence-electron chi connectivity index (χ1n) is 11.9. The lowest BCUT2D eigenvalue weighted by Crippen LogP contribution is -2.44. The minimum absolute atomic E-state index is 0.0325. The lowest BCUT2D eigenvalue weighted by atomic mass is 9.97. The van der Waals surface area contributed by atoms with Gasteiger partial charge in [-0.3, -0.25) is 15.6 Å². The molecule has 0 saturated carbocycles. The molecule has 1 saturated heterocycles. The molecule has 8 nitrogen and oxygen atoms in total. The smallest absolute Gasteiger partial charge is 0.254 e. The van der Waals surface area contributed by atoms with E-state index in [0.29, 0.717) is 18.7 Å². The minimum Gasteiger partial charge on any atom is -0.490 e. The zero-order chi connectivity index (χ0) is 24.5. The molecule has 2 aliphatic rings. The predicted octanol–water partition coefficient (Wildman–Crippen LogP) is 3.06. The molecule has 0 radical (unpaired) electrons. The fourth-order valence-corrected chi connectivity index (χ4v) is 4.93. The van der Waals surface area contributed by atoms with Crippen LogP contribution in [0.5, 0.6) is 5.75 Å². The highest BCUT2D eigenvalue weighted by atomic mass is 16.5. The summed E-state index contributed by atoms with van der Waals surface area (Å²) in [6.45, 7) is 2.63. The highest BCUT2D eigenvalue weighted by Gasteiger charge is 2.26. The van der Waals surface area contributed by atoms with E-state index in [0.717, 1.165) is 65.6 Å². The fraction of sp³-hybridized carbons (Fsp3) is 0.296. The monoisotopic (exact) mass is 470 g/mol. The summed E-state index contributed by atoms with van der Waals surface area (Å²) in [5, 5.41) is 17.3. The van der Waals surface area contributed by atoms with Crippen molar-refractivity contribution >= 4 is 28.5 Å². The number of nitrogens with one attached hydrogen (secondary N) is 2. The van der Waals surface area contributed by atoms with Crippen LogP contribution in [0.15, 0.2) is 54.6 Å². The molecule has 2 aliphatic heterocycles. The maximum Gasteiger partial charge on any atom is 0.254 e. The number of rotatable bonds is 5. The van der Waals surface area contributed by atoms with Crippen LogP contribution < -0.4 is 16.2 Å². The Morgan fingerprint density at radius 2 is 1.71 bits per heavy atom. The van der Waals surface area contributed by atoms with E-state index < -0.39 is 0 Å². The molecule has 5 rings (SSSR count). The Balaban J connectivity index is 1.26. The first-order chi connectivity index (χ1) is 16.9. The van der Waals surface area contributed by atoms with Gasteiger partial charge in [0.1, 0.15) is 17.7 Å². The Labute approximate surface area is 204 Å². The van der Waals surface area contributed by atoms with E-state index in [1.54, 1.807) is 0 Å². The number of benzene rings is 3. The number of amides is 1. The quantitative estimate of drug-likeness (QED) is 0.336. The standard InChI is InChI=1S/C27H30N6O2/c28-25(29)20-4-3-18-2-1-17(13-21(18)14-20)16-33-10-7-19-15-23(5-6-24(19)26(33)34)35-22-8-11-32(12-9-22)27(30)31/h1-6,13-15,22H,7-12,16H2,(H3,28,29)(H3,30,31). The maximum atomic E-state index is 13.2. The largest absolute Gasteiger partial charge is 0.490 e.